The Bertz CT molecular complexity index is 7730. The van der Waals surface area contributed by atoms with Gasteiger partial charge >= 0.3 is 0 Å². The van der Waals surface area contributed by atoms with Crippen molar-refractivity contribution >= 4 is 199 Å². The molecule has 118 heavy (non-hydrogen) atoms. The van der Waals surface area contributed by atoms with Crippen LogP contribution in [0.25, 0.3) is 142 Å². The van der Waals surface area contributed by atoms with Crippen molar-refractivity contribution in [3.8, 4) is 11.1 Å². The number of nitrogens with zero attached hydrogens (tertiary/aromatic N) is 4. The molecule has 0 amide bonds. The van der Waals surface area contributed by atoms with E-state index >= 15 is 0 Å². The quantitative estimate of drug-likeness (QED) is 0.113. The van der Waals surface area contributed by atoms with Crippen molar-refractivity contribution in [2.45, 2.75) is 66.2 Å². The first-order chi connectivity index (χ1) is 57.6. The van der Waals surface area contributed by atoms with Crippen LogP contribution >= 0.6 is 0 Å². The number of para-hydroxylation sites is 7. The van der Waals surface area contributed by atoms with E-state index in [2.05, 4.69) is 427 Å². The molecule has 22 aromatic rings. The van der Waals surface area contributed by atoms with E-state index in [0.29, 0.717) is 0 Å². The topological polar surface area (TPSA) is 65.5 Å². The summed E-state index contributed by atoms with van der Waals surface area (Å²) < 4.78 is 30.0. The molecule has 0 radical (unpaired) electrons. The molecule has 0 aliphatic carbocycles. The molecular formula is C110H82N4O4. The molecule has 0 fully saturated rings. The van der Waals surface area contributed by atoms with Crippen molar-refractivity contribution in [3.05, 3.63) is 374 Å². The highest BCUT2D eigenvalue weighted by Gasteiger charge is 2.32. The average molecular weight is 1520 g/mol. The summed E-state index contributed by atoms with van der Waals surface area (Å²) in [6.45, 7) is 18.0. The van der Waals surface area contributed by atoms with Gasteiger partial charge in [0, 0.05) is 132 Å². The monoisotopic (exact) mass is 1520 g/mol. The molecule has 8 heteroatoms. The van der Waals surface area contributed by atoms with E-state index in [4.69, 9.17) is 17.7 Å². The number of rotatable bonds is 13. The normalized spacial score (nSPS) is 12.2. The molecule has 0 saturated heterocycles. The summed E-state index contributed by atoms with van der Waals surface area (Å²) in [7, 11) is 0. The Labute approximate surface area is 683 Å². The lowest BCUT2D eigenvalue weighted by atomic mass is 9.83. The summed E-state index contributed by atoms with van der Waals surface area (Å²) in [4.78, 5) is 9.57. The Morgan fingerprint density at radius 3 is 1.03 bits per heavy atom. The highest BCUT2D eigenvalue weighted by Crippen LogP contribution is 2.55. The van der Waals surface area contributed by atoms with E-state index in [0.717, 1.165) is 227 Å². The van der Waals surface area contributed by atoms with Gasteiger partial charge in [-0.3, -0.25) is 0 Å². The Balaban J connectivity index is 0.751. The van der Waals surface area contributed by atoms with Gasteiger partial charge in [-0.15, -0.1) is 0 Å². The van der Waals surface area contributed by atoms with Crippen LogP contribution in [0.15, 0.2) is 370 Å². The minimum Gasteiger partial charge on any atom is -0.455 e. The molecule has 0 saturated carbocycles. The highest BCUT2D eigenvalue weighted by atomic mass is 16.3. The van der Waals surface area contributed by atoms with Crippen molar-refractivity contribution in [2.24, 2.45) is 0 Å². The fourth-order valence-electron chi connectivity index (χ4n) is 18.6. The molecule has 0 unspecified atom stereocenters. The predicted octanol–water partition coefficient (Wildman–Crippen LogP) is 32.7. The summed E-state index contributed by atoms with van der Waals surface area (Å²) in [5.41, 5.74) is 24.9. The number of hydrogen-bond acceptors (Lipinski definition) is 8. The third-order valence-electron chi connectivity index (χ3n) is 24.0. The summed E-state index contributed by atoms with van der Waals surface area (Å²) in [5, 5.41) is 16.6. The molecule has 0 bridgehead atoms. The minimum atomic E-state index is -0.368. The summed E-state index contributed by atoms with van der Waals surface area (Å²) >= 11 is 0. The van der Waals surface area contributed by atoms with Crippen molar-refractivity contribution in [1.82, 2.24) is 0 Å². The summed E-state index contributed by atoms with van der Waals surface area (Å²) in [5.74, 6) is 0. The van der Waals surface area contributed by atoms with E-state index in [1.54, 1.807) is 0 Å². The maximum absolute atomic E-state index is 7.69. The Morgan fingerprint density at radius 1 is 0.195 bits per heavy atom. The van der Waals surface area contributed by atoms with Crippen LogP contribution in [0.1, 0.15) is 63.8 Å². The third kappa shape index (κ3) is 11.3. The van der Waals surface area contributed by atoms with E-state index in [9.17, 15) is 0 Å². The average Bonchev–Trinajstić information content (AvgIpc) is 1.55. The van der Waals surface area contributed by atoms with Gasteiger partial charge in [0.2, 0.25) is 0 Å². The Kier molecular flexibility index (Phi) is 16.0. The van der Waals surface area contributed by atoms with Gasteiger partial charge in [0.25, 0.3) is 0 Å². The highest BCUT2D eigenvalue weighted by molar-refractivity contribution is 6.30. The van der Waals surface area contributed by atoms with Crippen molar-refractivity contribution in [2.75, 3.05) is 19.6 Å². The Morgan fingerprint density at radius 2 is 0.525 bits per heavy atom. The molecular weight excluding hydrogens is 1440 g/mol. The molecule has 0 atom stereocenters. The molecule has 4 aromatic heterocycles. The van der Waals surface area contributed by atoms with Crippen LogP contribution in [-0.2, 0) is 10.8 Å². The van der Waals surface area contributed by atoms with Crippen LogP contribution in [-0.4, -0.2) is 0 Å². The fraction of sp³-hybridized carbons (Fsp3) is 0.0909. The predicted molar refractivity (Wildman–Crippen MR) is 497 cm³/mol. The maximum atomic E-state index is 7.69. The van der Waals surface area contributed by atoms with Crippen LogP contribution in [0.5, 0.6) is 0 Å². The van der Waals surface area contributed by atoms with Gasteiger partial charge in [0.15, 0.2) is 11.2 Å². The molecule has 4 heterocycles. The van der Waals surface area contributed by atoms with Gasteiger partial charge in [0.1, 0.15) is 33.5 Å². The summed E-state index contributed by atoms with van der Waals surface area (Å²) in [6, 6.07) is 128. The van der Waals surface area contributed by atoms with E-state index in [1.807, 2.05) is 0 Å². The first-order valence-electron chi connectivity index (χ1n) is 40.8. The number of anilines is 12. The lowest BCUT2D eigenvalue weighted by Crippen LogP contribution is -2.11. The van der Waals surface area contributed by atoms with Gasteiger partial charge in [-0.05, 0) is 174 Å². The molecule has 0 aliphatic heterocycles. The van der Waals surface area contributed by atoms with Crippen LogP contribution in [0.3, 0.4) is 0 Å². The zero-order valence-corrected chi connectivity index (χ0v) is 66.9. The smallest absolute Gasteiger partial charge is 0.159 e. The number of benzene rings is 18. The first-order valence-corrected chi connectivity index (χ1v) is 40.8. The molecule has 0 aliphatic rings. The first kappa shape index (κ1) is 70.1. The zero-order valence-electron chi connectivity index (χ0n) is 66.9. The minimum absolute atomic E-state index is 0.145. The maximum Gasteiger partial charge on any atom is 0.159 e. The third-order valence-corrected chi connectivity index (χ3v) is 24.0. The lowest BCUT2D eigenvalue weighted by Gasteiger charge is -2.27. The molecule has 0 N–H and O–H groups in total. The lowest BCUT2D eigenvalue weighted by molar-refractivity contribution is 0.572. The summed E-state index contributed by atoms with van der Waals surface area (Å²) in [6.07, 6.45) is 0. The van der Waals surface area contributed by atoms with Crippen molar-refractivity contribution in [1.29, 1.82) is 0 Å². The van der Waals surface area contributed by atoms with Crippen LogP contribution < -0.4 is 19.6 Å². The number of fused-ring (bicyclic) bond motifs is 20. The van der Waals surface area contributed by atoms with Crippen molar-refractivity contribution in [3.63, 3.8) is 0 Å². The van der Waals surface area contributed by atoms with E-state index < -0.39 is 0 Å². The largest absolute Gasteiger partial charge is 0.455 e. The van der Waals surface area contributed by atoms with Gasteiger partial charge in [0.05, 0.1) is 34.1 Å². The number of aryl methyl sites for hydroxylation is 2. The second-order valence-electron chi connectivity index (χ2n) is 33.6. The molecule has 8 nitrogen and oxygen atoms in total. The zero-order chi connectivity index (χ0) is 79.4. The fourth-order valence-corrected chi connectivity index (χ4v) is 18.6. The molecule has 22 rings (SSSR count). The second kappa shape index (κ2) is 27.0. The van der Waals surface area contributed by atoms with Crippen LogP contribution in [0.4, 0.5) is 68.2 Å². The molecule has 0 spiro atoms. The van der Waals surface area contributed by atoms with E-state index in [-0.39, 0.29) is 10.8 Å². The van der Waals surface area contributed by atoms with Crippen molar-refractivity contribution < 1.29 is 17.7 Å². The molecule has 18 aromatic carbocycles. The van der Waals surface area contributed by atoms with Crippen LogP contribution in [0, 0.1) is 13.8 Å². The number of furan rings is 4. The SMILES string of the molecule is Cc1cccc(N(c2cc3c(oc4cc(N(c5cccc(C)c5)c5cccc6c5oc5c(C(C)(C)C)cccc56)c5ccccc5c43)c3ccccc23)c2cccc3c2oc2c(C(C)(C)C)cc(-c4ccc5c(N(c6ccccc6)c6ccccc6)cc6c7cc(N(c8ccccc8)c8ccccc8)c8ccccc8c7oc6c5c4)cc23)c1. The molecule has 566 valence electrons. The Hall–Kier alpha value is -14.6. The van der Waals surface area contributed by atoms with E-state index in [1.165, 1.54) is 5.56 Å². The van der Waals surface area contributed by atoms with Gasteiger partial charge < -0.3 is 37.3 Å². The second-order valence-corrected chi connectivity index (χ2v) is 33.6. The van der Waals surface area contributed by atoms with Gasteiger partial charge in [-0.1, -0.05) is 266 Å². The standard InChI is InChI=1S/C110H82N4O4/c1-67-32-27-42-75(58-67)113(98-65-91-101-81-47-24-21-44-77(81)99(66-100(101)115-103(91)83-49-26-23-46-79(83)98)114(76-43-28-33-68(2)59-76)94-54-30-51-85-84-50-29-53-92(109(3,4)5)105(84)117-107(85)94)95-55-31-52-86-88-61-70(62-93(110(6,7)8)106(88)118-108(86)95)69-56-57-80-87(60-69)104-90(64-97(80)112(73-38-17-11-18-39-73)74-40-19-12-20-41-74)89-63-96(78-45-22-25-48-82(78)102(89)116-104)111(71-34-13-9-14-35-71)72-36-15-10-16-37-72/h9-66H,1-8H3. The van der Waals surface area contributed by atoms with Gasteiger partial charge in [-0.2, -0.15) is 0 Å². The number of hydrogen-bond donors (Lipinski definition) is 0. The van der Waals surface area contributed by atoms with Gasteiger partial charge in [-0.25, -0.2) is 0 Å². The van der Waals surface area contributed by atoms with Crippen LogP contribution in [0.2, 0.25) is 0 Å².